The lowest BCUT2D eigenvalue weighted by Crippen LogP contribution is -2.49. The predicted octanol–water partition coefficient (Wildman–Crippen LogP) is 4.39. The summed E-state index contributed by atoms with van der Waals surface area (Å²) in [5.41, 5.74) is 0.224. The Balaban J connectivity index is 0.000000693. The lowest BCUT2D eigenvalue weighted by atomic mass is 9.50. The molecule has 0 bridgehead atoms. The van der Waals surface area contributed by atoms with Gasteiger partial charge in [-0.15, -0.1) is 0 Å². The summed E-state index contributed by atoms with van der Waals surface area (Å²) in [7, 11) is 0. The van der Waals surface area contributed by atoms with Gasteiger partial charge in [-0.3, -0.25) is 0 Å². The van der Waals surface area contributed by atoms with Gasteiger partial charge in [0.05, 0.1) is 12.2 Å². The van der Waals surface area contributed by atoms with Crippen LogP contribution in [0.5, 0.6) is 0 Å². The van der Waals surface area contributed by atoms with Crippen LogP contribution < -0.4 is 0 Å². The second-order valence-electron chi connectivity index (χ2n) is 8.54. The van der Waals surface area contributed by atoms with Crippen LogP contribution in [0.2, 0.25) is 0 Å². The molecule has 0 aromatic rings. The predicted molar refractivity (Wildman–Crippen MR) is 90.5 cm³/mol. The van der Waals surface area contributed by atoms with E-state index in [1.807, 2.05) is 13.8 Å². The maximum atomic E-state index is 10.4. The van der Waals surface area contributed by atoms with Gasteiger partial charge >= 0.3 is 0 Å². The van der Waals surface area contributed by atoms with E-state index < -0.39 is 0 Å². The van der Waals surface area contributed by atoms with Gasteiger partial charge in [0.25, 0.3) is 0 Å². The summed E-state index contributed by atoms with van der Waals surface area (Å²) in [6, 6.07) is 0. The zero-order valence-corrected chi connectivity index (χ0v) is 14.8. The smallest absolute Gasteiger partial charge is 0.0596 e. The fourth-order valence-electron chi connectivity index (χ4n) is 6.80. The quantitative estimate of drug-likeness (QED) is 0.697. The van der Waals surface area contributed by atoms with Crippen molar-refractivity contribution >= 4 is 0 Å². The molecule has 4 aliphatic rings. The Morgan fingerprint density at radius 3 is 2.27 bits per heavy atom. The lowest BCUT2D eigenvalue weighted by molar-refractivity contribution is -0.0913. The Labute approximate surface area is 136 Å². The van der Waals surface area contributed by atoms with Crippen LogP contribution in [0.25, 0.3) is 0 Å². The molecule has 0 heterocycles. The van der Waals surface area contributed by atoms with Gasteiger partial charge in [0, 0.05) is 0 Å². The van der Waals surface area contributed by atoms with E-state index in [9.17, 15) is 10.2 Å². The van der Waals surface area contributed by atoms with Crippen molar-refractivity contribution in [2.75, 3.05) is 0 Å². The standard InChI is InChI=1S/C18H30O2.C2H6/c1-18-9-8-14-13-5-3-12(19)10-11(13)2-4-15(14)16(18)6-7-17(18)20;1-2/h11-17,19-20H,2-10H2,1H3;1-2H3/t11?,12?,13?,14?,15?,16?,17-,18+;/m1./s1. The number of hydrogen-bond donors (Lipinski definition) is 2. The number of fused-ring (bicyclic) bond motifs is 5. The summed E-state index contributed by atoms with van der Waals surface area (Å²) in [5, 5.41) is 20.3. The van der Waals surface area contributed by atoms with Crippen molar-refractivity contribution in [2.24, 2.45) is 35.0 Å². The van der Waals surface area contributed by atoms with Crippen molar-refractivity contribution in [2.45, 2.75) is 90.8 Å². The molecule has 0 amide bonds. The Morgan fingerprint density at radius 2 is 1.50 bits per heavy atom. The maximum Gasteiger partial charge on any atom is 0.0596 e. The molecular weight excluding hydrogens is 272 g/mol. The monoisotopic (exact) mass is 308 g/mol. The van der Waals surface area contributed by atoms with Crippen LogP contribution in [-0.4, -0.2) is 22.4 Å². The molecule has 22 heavy (non-hydrogen) atoms. The molecule has 0 aromatic carbocycles. The average Bonchev–Trinajstić information content (AvgIpc) is 2.84. The fraction of sp³-hybridized carbons (Fsp3) is 1.00. The van der Waals surface area contributed by atoms with Gasteiger partial charge in [-0.1, -0.05) is 20.8 Å². The third-order valence-electron chi connectivity index (χ3n) is 7.88. The largest absolute Gasteiger partial charge is 0.393 e. The Bertz CT molecular complexity index is 382. The van der Waals surface area contributed by atoms with E-state index in [4.69, 9.17) is 0 Å². The molecule has 0 saturated heterocycles. The van der Waals surface area contributed by atoms with E-state index in [1.54, 1.807) is 0 Å². The van der Waals surface area contributed by atoms with Gasteiger partial charge in [-0.2, -0.15) is 0 Å². The highest BCUT2D eigenvalue weighted by atomic mass is 16.3. The molecule has 2 heteroatoms. The normalized spacial score (nSPS) is 53.6. The third kappa shape index (κ3) is 2.55. The highest BCUT2D eigenvalue weighted by Gasteiger charge is 2.56. The molecule has 0 aromatic heterocycles. The summed E-state index contributed by atoms with van der Waals surface area (Å²) < 4.78 is 0. The molecule has 4 fully saturated rings. The molecule has 128 valence electrons. The Hall–Kier alpha value is -0.0800. The highest BCUT2D eigenvalue weighted by molar-refractivity contribution is 5.06. The van der Waals surface area contributed by atoms with Crippen molar-refractivity contribution in [1.29, 1.82) is 0 Å². The molecule has 2 N–H and O–H groups in total. The van der Waals surface area contributed by atoms with Crippen molar-refractivity contribution in [3.63, 3.8) is 0 Å². The number of aliphatic hydroxyl groups excluding tert-OH is 2. The van der Waals surface area contributed by atoms with Gasteiger partial charge < -0.3 is 10.2 Å². The first-order chi connectivity index (χ1) is 10.6. The first kappa shape index (κ1) is 16.8. The van der Waals surface area contributed by atoms with Crippen molar-refractivity contribution < 1.29 is 10.2 Å². The van der Waals surface area contributed by atoms with E-state index in [1.165, 1.54) is 38.5 Å². The highest BCUT2D eigenvalue weighted by Crippen LogP contribution is 2.62. The van der Waals surface area contributed by atoms with Gasteiger partial charge in [0.2, 0.25) is 0 Å². The van der Waals surface area contributed by atoms with Gasteiger partial charge in [-0.05, 0) is 92.8 Å². The van der Waals surface area contributed by atoms with E-state index in [0.29, 0.717) is 0 Å². The minimum Gasteiger partial charge on any atom is -0.393 e. The SMILES string of the molecule is CC.C[C@]12CCC3C4CCC(O)CC4CCC3C1CC[C@H]2O. The molecule has 4 rings (SSSR count). The molecule has 8 atom stereocenters. The zero-order chi connectivity index (χ0) is 15.9. The maximum absolute atomic E-state index is 10.4. The Morgan fingerprint density at radius 1 is 0.773 bits per heavy atom. The summed E-state index contributed by atoms with van der Waals surface area (Å²) in [4.78, 5) is 0. The molecule has 4 saturated carbocycles. The molecule has 0 spiro atoms. The summed E-state index contributed by atoms with van der Waals surface area (Å²) in [6.07, 6.45) is 10.9. The minimum absolute atomic E-state index is 0.0186. The fourth-order valence-corrected chi connectivity index (χ4v) is 6.80. The zero-order valence-electron chi connectivity index (χ0n) is 14.8. The summed E-state index contributed by atoms with van der Waals surface area (Å²) >= 11 is 0. The number of rotatable bonds is 0. The van der Waals surface area contributed by atoms with Gasteiger partial charge in [0.15, 0.2) is 0 Å². The van der Waals surface area contributed by atoms with E-state index in [0.717, 1.165) is 48.9 Å². The van der Waals surface area contributed by atoms with Crippen LogP contribution in [0.15, 0.2) is 0 Å². The first-order valence-corrected chi connectivity index (χ1v) is 9.95. The van der Waals surface area contributed by atoms with Crippen LogP contribution in [-0.2, 0) is 0 Å². The van der Waals surface area contributed by atoms with Crippen LogP contribution in [0.3, 0.4) is 0 Å². The van der Waals surface area contributed by atoms with Crippen LogP contribution in [0.4, 0.5) is 0 Å². The van der Waals surface area contributed by atoms with Crippen LogP contribution in [0, 0.1) is 35.0 Å². The van der Waals surface area contributed by atoms with Crippen LogP contribution >= 0.6 is 0 Å². The van der Waals surface area contributed by atoms with Crippen molar-refractivity contribution in [3.8, 4) is 0 Å². The topological polar surface area (TPSA) is 40.5 Å². The van der Waals surface area contributed by atoms with E-state index in [2.05, 4.69) is 6.92 Å². The number of aliphatic hydroxyl groups is 2. The van der Waals surface area contributed by atoms with Crippen molar-refractivity contribution in [3.05, 3.63) is 0 Å². The first-order valence-electron chi connectivity index (χ1n) is 9.95. The average molecular weight is 309 g/mol. The van der Waals surface area contributed by atoms with Crippen LogP contribution in [0.1, 0.15) is 78.6 Å². The molecular formula is C20H36O2. The van der Waals surface area contributed by atoms with Crippen molar-refractivity contribution in [1.82, 2.24) is 0 Å². The molecule has 0 aliphatic heterocycles. The molecule has 0 radical (unpaired) electrons. The minimum atomic E-state index is -0.0423. The molecule has 4 aliphatic carbocycles. The summed E-state index contributed by atoms with van der Waals surface area (Å²) in [6.45, 7) is 6.36. The third-order valence-corrected chi connectivity index (χ3v) is 7.88. The van der Waals surface area contributed by atoms with E-state index >= 15 is 0 Å². The second-order valence-corrected chi connectivity index (χ2v) is 8.54. The van der Waals surface area contributed by atoms with Gasteiger partial charge in [0.1, 0.15) is 0 Å². The molecule has 6 unspecified atom stereocenters. The van der Waals surface area contributed by atoms with Gasteiger partial charge in [-0.25, -0.2) is 0 Å². The number of hydrogen-bond acceptors (Lipinski definition) is 2. The van der Waals surface area contributed by atoms with E-state index in [-0.39, 0.29) is 17.6 Å². The lowest BCUT2D eigenvalue weighted by Gasteiger charge is -2.55. The summed E-state index contributed by atoms with van der Waals surface area (Å²) in [5.74, 6) is 4.26. The second kappa shape index (κ2) is 6.43. The Kier molecular flexibility index (Phi) is 4.90. The molecule has 2 nitrogen and oxygen atoms in total.